The topological polar surface area (TPSA) is 64.1 Å². The highest BCUT2D eigenvalue weighted by molar-refractivity contribution is 14.0. The summed E-state index contributed by atoms with van der Waals surface area (Å²) in [5.41, 5.74) is -0.862. The SMILES string of the molecule is CN=C(NCc1nc(C(F)(F)F)cs1)N1CCN(C(C)C(=O)N2CCCC2)CC1.I. The number of piperazine rings is 1. The van der Waals surface area contributed by atoms with Crippen molar-refractivity contribution >= 4 is 47.2 Å². The third kappa shape index (κ3) is 6.19. The van der Waals surface area contributed by atoms with Crippen molar-refractivity contribution in [3.63, 3.8) is 0 Å². The summed E-state index contributed by atoms with van der Waals surface area (Å²) >= 11 is 0.978. The van der Waals surface area contributed by atoms with Gasteiger partial charge in [0.2, 0.25) is 5.91 Å². The molecule has 2 aliphatic rings. The van der Waals surface area contributed by atoms with Crippen LogP contribution in [0.15, 0.2) is 10.4 Å². The molecule has 2 saturated heterocycles. The van der Waals surface area contributed by atoms with Crippen LogP contribution < -0.4 is 5.32 Å². The predicted octanol–water partition coefficient (Wildman–Crippen LogP) is 2.48. The van der Waals surface area contributed by atoms with Crippen LogP contribution in [0.1, 0.15) is 30.5 Å². The van der Waals surface area contributed by atoms with Gasteiger partial charge >= 0.3 is 6.18 Å². The number of nitrogens with zero attached hydrogens (tertiary/aromatic N) is 5. The summed E-state index contributed by atoms with van der Waals surface area (Å²) in [7, 11) is 1.65. The Bertz CT molecular complexity index is 730. The molecule has 1 atom stereocenters. The van der Waals surface area contributed by atoms with E-state index in [1.165, 1.54) is 0 Å². The minimum Gasteiger partial charge on any atom is -0.350 e. The van der Waals surface area contributed by atoms with Gasteiger partial charge in [0.1, 0.15) is 5.01 Å². The van der Waals surface area contributed by atoms with E-state index in [1.54, 1.807) is 7.05 Å². The second kappa shape index (κ2) is 10.9. The van der Waals surface area contributed by atoms with Crippen LogP contribution in [-0.4, -0.2) is 83.9 Å². The lowest BCUT2D eigenvalue weighted by Crippen LogP contribution is -2.57. The molecule has 1 amide bonds. The fraction of sp³-hybridized carbons (Fsp3) is 0.722. The molecule has 0 aromatic carbocycles. The molecule has 0 bridgehead atoms. The largest absolute Gasteiger partial charge is 0.434 e. The number of amides is 1. The number of carbonyl (C=O) groups excluding carboxylic acids is 1. The molecule has 30 heavy (non-hydrogen) atoms. The van der Waals surface area contributed by atoms with Crippen molar-refractivity contribution < 1.29 is 18.0 Å². The fourth-order valence-corrected chi connectivity index (χ4v) is 4.43. The van der Waals surface area contributed by atoms with Crippen LogP contribution in [0, 0.1) is 0 Å². The zero-order chi connectivity index (χ0) is 21.0. The van der Waals surface area contributed by atoms with Gasteiger partial charge in [-0.05, 0) is 19.8 Å². The first-order chi connectivity index (χ1) is 13.8. The highest BCUT2D eigenvalue weighted by Crippen LogP contribution is 2.29. The lowest BCUT2D eigenvalue weighted by molar-refractivity contribution is -0.140. The molecular formula is C18H28F3IN6OS. The molecule has 3 heterocycles. The summed E-state index contributed by atoms with van der Waals surface area (Å²) in [5.74, 6) is 0.828. The normalized spacial score (nSPS) is 19.6. The molecule has 2 aliphatic heterocycles. The summed E-state index contributed by atoms with van der Waals surface area (Å²) in [6, 6.07) is -0.138. The molecule has 0 aliphatic carbocycles. The number of rotatable bonds is 4. The van der Waals surface area contributed by atoms with Gasteiger partial charge in [-0.3, -0.25) is 14.7 Å². The lowest BCUT2D eigenvalue weighted by atomic mass is 10.2. The van der Waals surface area contributed by atoms with Crippen molar-refractivity contribution in [1.29, 1.82) is 0 Å². The summed E-state index contributed by atoms with van der Waals surface area (Å²) < 4.78 is 38.0. The zero-order valence-corrected chi connectivity index (χ0v) is 20.3. The maximum absolute atomic E-state index is 12.7. The third-order valence-electron chi connectivity index (χ3n) is 5.39. The number of hydrogen-bond donors (Lipinski definition) is 1. The Morgan fingerprint density at radius 2 is 1.83 bits per heavy atom. The van der Waals surface area contributed by atoms with Crippen molar-refractivity contribution in [2.24, 2.45) is 4.99 Å². The first-order valence-electron chi connectivity index (χ1n) is 9.79. The number of thiazole rings is 1. The van der Waals surface area contributed by atoms with Crippen LogP contribution >= 0.6 is 35.3 Å². The van der Waals surface area contributed by atoms with Crippen molar-refractivity contribution in [2.75, 3.05) is 46.3 Å². The molecule has 1 unspecified atom stereocenters. The van der Waals surface area contributed by atoms with E-state index in [-0.39, 0.29) is 42.5 Å². The van der Waals surface area contributed by atoms with E-state index in [2.05, 4.69) is 25.1 Å². The van der Waals surface area contributed by atoms with Crippen molar-refractivity contribution in [2.45, 2.75) is 38.5 Å². The molecule has 2 fully saturated rings. The van der Waals surface area contributed by atoms with Crippen LogP contribution in [0.5, 0.6) is 0 Å². The van der Waals surface area contributed by atoms with Gasteiger partial charge in [-0.1, -0.05) is 0 Å². The second-order valence-corrected chi connectivity index (χ2v) is 8.20. The Kier molecular flexibility index (Phi) is 9.15. The minimum atomic E-state index is -4.42. The molecule has 1 aromatic heterocycles. The van der Waals surface area contributed by atoms with Crippen LogP contribution in [0.25, 0.3) is 0 Å². The van der Waals surface area contributed by atoms with Gasteiger partial charge in [-0.15, -0.1) is 35.3 Å². The van der Waals surface area contributed by atoms with Crippen LogP contribution in [0.2, 0.25) is 0 Å². The van der Waals surface area contributed by atoms with E-state index in [9.17, 15) is 18.0 Å². The van der Waals surface area contributed by atoms with E-state index >= 15 is 0 Å². The minimum absolute atomic E-state index is 0. The van der Waals surface area contributed by atoms with Crippen LogP contribution in [0.4, 0.5) is 13.2 Å². The quantitative estimate of drug-likeness (QED) is 0.349. The van der Waals surface area contributed by atoms with Gasteiger partial charge in [-0.2, -0.15) is 13.2 Å². The van der Waals surface area contributed by atoms with Crippen molar-refractivity contribution in [3.8, 4) is 0 Å². The number of likely N-dealkylation sites (tertiary alicyclic amines) is 1. The van der Waals surface area contributed by atoms with Gasteiger partial charge in [0, 0.05) is 51.7 Å². The van der Waals surface area contributed by atoms with Crippen molar-refractivity contribution in [3.05, 3.63) is 16.1 Å². The molecule has 3 rings (SSSR count). The zero-order valence-electron chi connectivity index (χ0n) is 17.1. The standard InChI is InChI=1S/C18H27F3N6OS.HI/c1-13(16(28)26-5-3-4-6-26)25-7-9-27(10-8-25)17(22-2)23-11-15-24-14(12-29-15)18(19,20)21;/h12-13H,3-11H2,1-2H3,(H,22,23);1H. The van der Waals surface area contributed by atoms with E-state index < -0.39 is 11.9 Å². The summed E-state index contributed by atoms with van der Waals surface area (Å²) in [6.07, 6.45) is -2.26. The number of halogens is 4. The van der Waals surface area contributed by atoms with Gasteiger partial charge in [-0.25, -0.2) is 4.98 Å². The highest BCUT2D eigenvalue weighted by Gasteiger charge is 2.34. The molecule has 7 nitrogen and oxygen atoms in total. The summed E-state index contributed by atoms with van der Waals surface area (Å²) in [5, 5.41) is 4.48. The Hall–Kier alpha value is -1.15. The van der Waals surface area contributed by atoms with Gasteiger partial charge in [0.05, 0.1) is 12.6 Å². The number of aromatic nitrogens is 1. The average Bonchev–Trinajstić information content (AvgIpc) is 3.39. The second-order valence-electron chi connectivity index (χ2n) is 7.26. The summed E-state index contributed by atoms with van der Waals surface area (Å²) in [6.45, 7) is 6.72. The molecule has 0 saturated carbocycles. The average molecular weight is 560 g/mol. The molecule has 0 radical (unpaired) electrons. The number of nitrogens with one attached hydrogen (secondary N) is 1. The van der Waals surface area contributed by atoms with Gasteiger partial charge in [0.25, 0.3) is 0 Å². The van der Waals surface area contributed by atoms with Crippen LogP contribution in [0.3, 0.4) is 0 Å². The number of alkyl halides is 3. The lowest BCUT2D eigenvalue weighted by Gasteiger charge is -2.39. The number of hydrogen-bond acceptors (Lipinski definition) is 5. The Morgan fingerprint density at radius 1 is 1.20 bits per heavy atom. The monoisotopic (exact) mass is 560 g/mol. The Balaban J connectivity index is 0.00000320. The molecular weight excluding hydrogens is 532 g/mol. The highest BCUT2D eigenvalue weighted by atomic mass is 127. The predicted molar refractivity (Wildman–Crippen MR) is 121 cm³/mol. The fourth-order valence-electron chi connectivity index (χ4n) is 3.69. The maximum atomic E-state index is 12.7. The third-order valence-corrected chi connectivity index (χ3v) is 6.24. The Morgan fingerprint density at radius 3 is 2.37 bits per heavy atom. The van der Waals surface area contributed by atoms with E-state index in [0.29, 0.717) is 24.1 Å². The van der Waals surface area contributed by atoms with Crippen LogP contribution in [-0.2, 0) is 17.5 Å². The van der Waals surface area contributed by atoms with Gasteiger partial charge < -0.3 is 15.1 Å². The van der Waals surface area contributed by atoms with Gasteiger partial charge in [0.15, 0.2) is 11.7 Å². The molecule has 0 spiro atoms. The molecule has 1 N–H and O–H groups in total. The molecule has 1 aromatic rings. The Labute approximate surface area is 195 Å². The first kappa shape index (κ1) is 25.1. The van der Waals surface area contributed by atoms with Crippen molar-refractivity contribution in [1.82, 2.24) is 25.0 Å². The van der Waals surface area contributed by atoms with E-state index in [1.807, 2.05) is 11.8 Å². The number of aliphatic imine (C=N–C) groups is 1. The van der Waals surface area contributed by atoms with E-state index in [4.69, 9.17) is 0 Å². The smallest absolute Gasteiger partial charge is 0.350 e. The molecule has 12 heteroatoms. The number of guanidine groups is 1. The first-order valence-corrected chi connectivity index (χ1v) is 10.7. The molecule has 170 valence electrons. The number of carbonyl (C=O) groups is 1. The maximum Gasteiger partial charge on any atom is 0.434 e. The van der Waals surface area contributed by atoms with E-state index in [0.717, 1.165) is 55.7 Å². The summed E-state index contributed by atoms with van der Waals surface area (Å²) in [4.78, 5) is 26.7.